The second-order valence-corrected chi connectivity index (χ2v) is 7.63. The van der Waals surface area contributed by atoms with Crippen LogP contribution in [0, 0.1) is 12.7 Å². The average molecular weight is 367 g/mol. The van der Waals surface area contributed by atoms with Crippen LogP contribution in [0.1, 0.15) is 18.1 Å². The topological polar surface area (TPSA) is 64.6 Å². The Morgan fingerprint density at radius 1 is 1.16 bits per heavy atom. The monoisotopic (exact) mass is 367 g/mol. The first-order valence-electron chi connectivity index (χ1n) is 7.68. The zero-order valence-corrected chi connectivity index (χ0v) is 15.5. The smallest absolute Gasteiger partial charge is 0.244 e. The molecular weight excluding hydrogens is 345 g/mol. The predicted molar refractivity (Wildman–Crippen MR) is 93.7 cm³/mol. The lowest BCUT2D eigenvalue weighted by Crippen LogP contribution is -2.40. The van der Waals surface area contributed by atoms with Crippen molar-refractivity contribution < 1.29 is 22.3 Å². The molecule has 0 spiro atoms. The van der Waals surface area contributed by atoms with Crippen LogP contribution < -0.4 is 9.46 Å². The number of methoxy groups -OCH3 is 2. The number of hydrogen-bond acceptors (Lipinski definition) is 4. The van der Waals surface area contributed by atoms with Crippen molar-refractivity contribution in [1.82, 2.24) is 4.72 Å². The van der Waals surface area contributed by atoms with E-state index in [2.05, 4.69) is 4.72 Å². The minimum Gasteiger partial charge on any atom is -0.495 e. The van der Waals surface area contributed by atoms with Gasteiger partial charge in [0, 0.05) is 19.2 Å². The molecule has 0 radical (unpaired) electrons. The summed E-state index contributed by atoms with van der Waals surface area (Å²) in [5.74, 6) is -0.220. The number of rotatable bonds is 7. The van der Waals surface area contributed by atoms with Gasteiger partial charge in [-0.1, -0.05) is 24.3 Å². The summed E-state index contributed by atoms with van der Waals surface area (Å²) in [6, 6.07) is 11.0. The van der Waals surface area contributed by atoms with E-state index in [1.165, 1.54) is 26.4 Å². The van der Waals surface area contributed by atoms with Gasteiger partial charge < -0.3 is 9.47 Å². The van der Waals surface area contributed by atoms with Crippen LogP contribution in [0.2, 0.25) is 0 Å². The standard InChI is InChI=1S/C18H22FNO4S/c1-13-9-10-16(23-3)17(11-13)25(21,22)20-12-18(2,24-4)14-7-5-6-8-15(14)19/h5-11,20H,12H2,1-4H3/t18-/m1/s1. The summed E-state index contributed by atoms with van der Waals surface area (Å²) in [5, 5.41) is 0. The summed E-state index contributed by atoms with van der Waals surface area (Å²) < 4.78 is 52.6. The molecule has 0 heterocycles. The van der Waals surface area contributed by atoms with Gasteiger partial charge in [0.1, 0.15) is 22.1 Å². The second kappa shape index (κ2) is 7.51. The van der Waals surface area contributed by atoms with Crippen LogP contribution in [0.4, 0.5) is 4.39 Å². The lowest BCUT2D eigenvalue weighted by Gasteiger charge is -2.29. The first kappa shape index (κ1) is 19.4. The van der Waals surface area contributed by atoms with E-state index in [1.54, 1.807) is 44.2 Å². The van der Waals surface area contributed by atoms with Gasteiger partial charge in [0.2, 0.25) is 10.0 Å². The van der Waals surface area contributed by atoms with E-state index < -0.39 is 21.4 Å². The van der Waals surface area contributed by atoms with E-state index in [9.17, 15) is 12.8 Å². The van der Waals surface area contributed by atoms with Gasteiger partial charge in [-0.2, -0.15) is 0 Å². The zero-order chi connectivity index (χ0) is 18.7. The Labute approximate surface area is 147 Å². The average Bonchev–Trinajstić information content (AvgIpc) is 2.60. The fraction of sp³-hybridized carbons (Fsp3) is 0.333. The largest absolute Gasteiger partial charge is 0.495 e. The van der Waals surface area contributed by atoms with Crippen molar-refractivity contribution in [2.45, 2.75) is 24.3 Å². The molecule has 0 aliphatic carbocycles. The Balaban J connectivity index is 2.32. The molecule has 0 aliphatic heterocycles. The van der Waals surface area contributed by atoms with E-state index in [0.717, 1.165) is 5.56 Å². The normalized spacial score (nSPS) is 14.1. The maximum absolute atomic E-state index is 14.1. The third-order valence-corrected chi connectivity index (χ3v) is 5.52. The van der Waals surface area contributed by atoms with Crippen LogP contribution in [-0.4, -0.2) is 29.2 Å². The van der Waals surface area contributed by atoms with Crippen LogP contribution in [0.15, 0.2) is 47.4 Å². The Morgan fingerprint density at radius 2 is 1.84 bits per heavy atom. The van der Waals surface area contributed by atoms with Crippen molar-refractivity contribution in [3.8, 4) is 5.75 Å². The molecule has 5 nitrogen and oxygen atoms in total. The predicted octanol–water partition coefficient (Wildman–Crippen LogP) is 2.98. The van der Waals surface area contributed by atoms with E-state index in [1.807, 2.05) is 0 Å². The summed E-state index contributed by atoms with van der Waals surface area (Å²) in [7, 11) is -1.05. The number of aryl methyl sites for hydroxylation is 1. The van der Waals surface area contributed by atoms with Crippen LogP contribution >= 0.6 is 0 Å². The van der Waals surface area contributed by atoms with Gasteiger partial charge in [-0.05, 0) is 37.6 Å². The minimum atomic E-state index is -3.87. The lowest BCUT2D eigenvalue weighted by molar-refractivity contribution is 0.00410. The van der Waals surface area contributed by atoms with Crippen molar-refractivity contribution in [2.24, 2.45) is 0 Å². The fourth-order valence-corrected chi connectivity index (χ4v) is 3.85. The third kappa shape index (κ3) is 4.18. The van der Waals surface area contributed by atoms with E-state index in [0.29, 0.717) is 0 Å². The quantitative estimate of drug-likeness (QED) is 0.817. The van der Waals surface area contributed by atoms with Gasteiger partial charge >= 0.3 is 0 Å². The third-order valence-electron chi connectivity index (χ3n) is 4.10. The van der Waals surface area contributed by atoms with Gasteiger partial charge in [0.25, 0.3) is 0 Å². The molecule has 0 saturated heterocycles. The summed E-state index contributed by atoms with van der Waals surface area (Å²) in [6.07, 6.45) is 0. The highest BCUT2D eigenvalue weighted by Crippen LogP contribution is 2.28. The summed E-state index contributed by atoms with van der Waals surface area (Å²) >= 11 is 0. The van der Waals surface area contributed by atoms with Gasteiger partial charge in [-0.3, -0.25) is 0 Å². The van der Waals surface area contributed by atoms with Crippen molar-refractivity contribution in [2.75, 3.05) is 20.8 Å². The van der Waals surface area contributed by atoms with Crippen molar-refractivity contribution in [3.05, 3.63) is 59.4 Å². The summed E-state index contributed by atoms with van der Waals surface area (Å²) in [4.78, 5) is 0.0296. The molecular formula is C18H22FNO4S. The van der Waals surface area contributed by atoms with E-state index >= 15 is 0 Å². The number of sulfonamides is 1. The van der Waals surface area contributed by atoms with Gasteiger partial charge in [-0.15, -0.1) is 0 Å². The van der Waals surface area contributed by atoms with Gasteiger partial charge in [0.15, 0.2) is 0 Å². The second-order valence-electron chi connectivity index (χ2n) is 5.89. The number of benzene rings is 2. The Bertz CT molecular complexity index is 854. The Morgan fingerprint density at radius 3 is 2.44 bits per heavy atom. The Hall–Kier alpha value is -1.96. The van der Waals surface area contributed by atoms with Crippen LogP contribution in [0.3, 0.4) is 0 Å². The highest BCUT2D eigenvalue weighted by Gasteiger charge is 2.32. The first-order chi connectivity index (χ1) is 11.7. The molecule has 7 heteroatoms. The summed E-state index contributed by atoms with van der Waals surface area (Å²) in [5.41, 5.74) is -0.101. The highest BCUT2D eigenvalue weighted by atomic mass is 32.2. The minimum absolute atomic E-state index is 0.0296. The van der Waals surface area contributed by atoms with E-state index in [4.69, 9.17) is 9.47 Å². The molecule has 0 aromatic heterocycles. The van der Waals surface area contributed by atoms with Crippen LogP contribution in [-0.2, 0) is 20.4 Å². The molecule has 0 saturated carbocycles. The maximum Gasteiger partial charge on any atom is 0.244 e. The highest BCUT2D eigenvalue weighted by molar-refractivity contribution is 7.89. The van der Waals surface area contributed by atoms with Gasteiger partial charge in [0.05, 0.1) is 7.11 Å². The Kier molecular flexibility index (Phi) is 5.82. The van der Waals surface area contributed by atoms with Crippen molar-refractivity contribution in [3.63, 3.8) is 0 Å². The fourth-order valence-electron chi connectivity index (χ4n) is 2.47. The molecule has 2 rings (SSSR count). The molecule has 2 aromatic carbocycles. The van der Waals surface area contributed by atoms with Crippen molar-refractivity contribution >= 4 is 10.0 Å². The molecule has 0 unspecified atom stereocenters. The molecule has 0 bridgehead atoms. The number of ether oxygens (including phenoxy) is 2. The molecule has 1 N–H and O–H groups in total. The molecule has 1 atom stereocenters. The van der Waals surface area contributed by atoms with Crippen LogP contribution in [0.25, 0.3) is 0 Å². The maximum atomic E-state index is 14.1. The van der Waals surface area contributed by atoms with Gasteiger partial charge in [-0.25, -0.2) is 17.5 Å². The number of nitrogens with one attached hydrogen (secondary N) is 1. The molecule has 0 fully saturated rings. The molecule has 2 aromatic rings. The zero-order valence-electron chi connectivity index (χ0n) is 14.7. The van der Waals surface area contributed by atoms with Crippen molar-refractivity contribution in [1.29, 1.82) is 0 Å². The first-order valence-corrected chi connectivity index (χ1v) is 9.16. The molecule has 25 heavy (non-hydrogen) atoms. The molecule has 0 amide bonds. The van der Waals surface area contributed by atoms with E-state index in [-0.39, 0.29) is 22.8 Å². The number of hydrogen-bond donors (Lipinski definition) is 1. The number of halogens is 1. The molecule has 136 valence electrons. The summed E-state index contributed by atoms with van der Waals surface area (Å²) in [6.45, 7) is 3.28. The lowest BCUT2D eigenvalue weighted by atomic mass is 9.95. The SMILES string of the molecule is COc1ccc(C)cc1S(=O)(=O)NC[C@@](C)(OC)c1ccccc1F. The van der Waals surface area contributed by atoms with Crippen LogP contribution in [0.5, 0.6) is 5.75 Å². The molecule has 0 aliphatic rings.